The summed E-state index contributed by atoms with van der Waals surface area (Å²) in [4.78, 5) is 24.6. The van der Waals surface area contributed by atoms with Gasteiger partial charge in [-0.2, -0.15) is 0 Å². The first-order chi connectivity index (χ1) is 6.32. The number of carbonyl (C=O) groups excluding carboxylic acids is 2. The standard InChI is InChI=1S/C11H17NO2/c1-8(2)7-12-9(13)5-11(3,4)6-10(12)14/h1,5-7H2,2-4H3. The predicted molar refractivity (Wildman–Crippen MR) is 54.5 cm³/mol. The molecule has 0 radical (unpaired) electrons. The van der Waals surface area contributed by atoms with E-state index in [1.54, 1.807) is 0 Å². The zero-order chi connectivity index (χ0) is 10.9. The molecule has 0 atom stereocenters. The van der Waals surface area contributed by atoms with Crippen molar-refractivity contribution in [3.63, 3.8) is 0 Å². The second-order valence-corrected chi connectivity index (χ2v) is 4.85. The third kappa shape index (κ3) is 2.44. The molecule has 1 heterocycles. The van der Waals surface area contributed by atoms with Gasteiger partial charge in [-0.3, -0.25) is 14.5 Å². The summed E-state index contributed by atoms with van der Waals surface area (Å²) in [6.07, 6.45) is 0.901. The summed E-state index contributed by atoms with van der Waals surface area (Å²) in [6, 6.07) is 0. The van der Waals surface area contributed by atoms with Crippen LogP contribution in [-0.4, -0.2) is 23.3 Å². The fourth-order valence-corrected chi connectivity index (χ4v) is 1.66. The number of nitrogens with zero attached hydrogens (tertiary/aromatic N) is 1. The van der Waals surface area contributed by atoms with Gasteiger partial charge in [0.1, 0.15) is 0 Å². The number of amides is 2. The van der Waals surface area contributed by atoms with Crippen LogP contribution in [0.3, 0.4) is 0 Å². The number of piperidine rings is 1. The van der Waals surface area contributed by atoms with E-state index in [0.29, 0.717) is 19.4 Å². The van der Waals surface area contributed by atoms with Gasteiger partial charge in [0.2, 0.25) is 11.8 Å². The van der Waals surface area contributed by atoms with Crippen molar-refractivity contribution in [2.45, 2.75) is 33.6 Å². The normalized spacial score (nSPS) is 21.2. The zero-order valence-corrected chi connectivity index (χ0v) is 9.09. The highest BCUT2D eigenvalue weighted by Gasteiger charge is 2.36. The monoisotopic (exact) mass is 195 g/mol. The third-order valence-electron chi connectivity index (χ3n) is 2.29. The Kier molecular flexibility index (Phi) is 2.79. The van der Waals surface area contributed by atoms with Crippen molar-refractivity contribution in [2.75, 3.05) is 6.54 Å². The fourth-order valence-electron chi connectivity index (χ4n) is 1.66. The minimum Gasteiger partial charge on any atom is -0.278 e. The Labute approximate surface area is 84.8 Å². The predicted octanol–water partition coefficient (Wildman–Crippen LogP) is 1.74. The molecule has 2 amide bonds. The van der Waals surface area contributed by atoms with Crippen LogP contribution in [0.25, 0.3) is 0 Å². The van der Waals surface area contributed by atoms with Crippen LogP contribution in [0.2, 0.25) is 0 Å². The second-order valence-electron chi connectivity index (χ2n) is 4.85. The molecule has 3 heteroatoms. The summed E-state index contributed by atoms with van der Waals surface area (Å²) >= 11 is 0. The lowest BCUT2D eigenvalue weighted by molar-refractivity contribution is -0.151. The van der Waals surface area contributed by atoms with E-state index in [-0.39, 0.29) is 17.2 Å². The Hall–Kier alpha value is -1.12. The molecule has 3 nitrogen and oxygen atoms in total. The Morgan fingerprint density at radius 3 is 2.14 bits per heavy atom. The van der Waals surface area contributed by atoms with Gasteiger partial charge < -0.3 is 0 Å². The van der Waals surface area contributed by atoms with E-state index in [1.807, 2.05) is 20.8 Å². The summed E-state index contributed by atoms with van der Waals surface area (Å²) in [5.74, 6) is -0.150. The highest BCUT2D eigenvalue weighted by atomic mass is 16.2. The van der Waals surface area contributed by atoms with Crippen LogP contribution >= 0.6 is 0 Å². The van der Waals surface area contributed by atoms with Crippen molar-refractivity contribution in [1.29, 1.82) is 0 Å². The molecule has 0 bridgehead atoms. The van der Waals surface area contributed by atoms with Gasteiger partial charge >= 0.3 is 0 Å². The summed E-state index contributed by atoms with van der Waals surface area (Å²) in [5, 5.41) is 0. The molecule has 14 heavy (non-hydrogen) atoms. The highest BCUT2D eigenvalue weighted by Crippen LogP contribution is 2.31. The summed E-state index contributed by atoms with van der Waals surface area (Å²) in [6.45, 7) is 9.79. The minimum absolute atomic E-state index is 0.0748. The van der Waals surface area contributed by atoms with E-state index in [1.165, 1.54) is 4.90 Å². The van der Waals surface area contributed by atoms with E-state index >= 15 is 0 Å². The van der Waals surface area contributed by atoms with Crippen molar-refractivity contribution in [2.24, 2.45) is 5.41 Å². The number of carbonyl (C=O) groups is 2. The summed E-state index contributed by atoms with van der Waals surface area (Å²) < 4.78 is 0. The molecule has 0 aromatic carbocycles. The maximum absolute atomic E-state index is 11.6. The molecule has 1 aliphatic rings. The quantitative estimate of drug-likeness (QED) is 0.497. The second kappa shape index (κ2) is 3.56. The van der Waals surface area contributed by atoms with Crippen LogP contribution in [0.15, 0.2) is 12.2 Å². The van der Waals surface area contributed by atoms with Gasteiger partial charge in [0.25, 0.3) is 0 Å². The highest BCUT2D eigenvalue weighted by molar-refractivity contribution is 5.98. The number of hydrogen-bond acceptors (Lipinski definition) is 2. The number of hydrogen-bond donors (Lipinski definition) is 0. The molecule has 0 saturated carbocycles. The molecule has 1 fully saturated rings. The summed E-state index contributed by atoms with van der Waals surface area (Å²) in [7, 11) is 0. The molecule has 78 valence electrons. The lowest BCUT2D eigenvalue weighted by Crippen LogP contribution is -2.46. The van der Waals surface area contributed by atoms with Crippen molar-refractivity contribution in [3.05, 3.63) is 12.2 Å². The number of likely N-dealkylation sites (tertiary alicyclic amines) is 1. The van der Waals surface area contributed by atoms with Crippen LogP contribution in [0, 0.1) is 5.41 Å². The average molecular weight is 195 g/mol. The van der Waals surface area contributed by atoms with E-state index in [0.717, 1.165) is 5.57 Å². The average Bonchev–Trinajstić information content (AvgIpc) is 1.94. The van der Waals surface area contributed by atoms with E-state index < -0.39 is 0 Å². The van der Waals surface area contributed by atoms with Gasteiger partial charge in [0.05, 0.1) is 0 Å². The minimum atomic E-state index is -0.181. The maximum Gasteiger partial charge on any atom is 0.230 e. The zero-order valence-electron chi connectivity index (χ0n) is 9.09. The first kappa shape index (κ1) is 11.0. The summed E-state index contributed by atoms with van der Waals surface area (Å²) in [5.41, 5.74) is 0.658. The van der Waals surface area contributed by atoms with Crippen molar-refractivity contribution in [3.8, 4) is 0 Å². The van der Waals surface area contributed by atoms with Gasteiger partial charge in [-0.15, -0.1) is 0 Å². The lowest BCUT2D eigenvalue weighted by atomic mass is 9.81. The largest absolute Gasteiger partial charge is 0.278 e. The SMILES string of the molecule is C=C(C)CN1C(=O)CC(C)(C)CC1=O. The van der Waals surface area contributed by atoms with Crippen LogP contribution < -0.4 is 0 Å². The smallest absolute Gasteiger partial charge is 0.230 e. The van der Waals surface area contributed by atoms with Gasteiger partial charge in [-0.25, -0.2) is 0 Å². The van der Waals surface area contributed by atoms with Crippen LogP contribution in [0.5, 0.6) is 0 Å². The topological polar surface area (TPSA) is 37.4 Å². The number of rotatable bonds is 2. The van der Waals surface area contributed by atoms with Crippen molar-refractivity contribution in [1.82, 2.24) is 4.90 Å². The molecule has 0 aliphatic carbocycles. The van der Waals surface area contributed by atoms with Gasteiger partial charge in [0.15, 0.2) is 0 Å². The molecule has 0 N–H and O–H groups in total. The molecule has 0 spiro atoms. The fraction of sp³-hybridized carbons (Fsp3) is 0.636. The van der Waals surface area contributed by atoms with Crippen molar-refractivity contribution < 1.29 is 9.59 Å². The van der Waals surface area contributed by atoms with Crippen molar-refractivity contribution >= 4 is 11.8 Å². The maximum atomic E-state index is 11.6. The Balaban J connectivity index is 2.76. The Bertz CT molecular complexity index is 272. The molecule has 0 aromatic heterocycles. The van der Waals surface area contributed by atoms with Gasteiger partial charge in [-0.05, 0) is 12.3 Å². The molecular weight excluding hydrogens is 178 g/mol. The molecule has 1 aliphatic heterocycles. The molecule has 1 rings (SSSR count). The van der Waals surface area contributed by atoms with Crippen LogP contribution in [-0.2, 0) is 9.59 Å². The van der Waals surface area contributed by atoms with Gasteiger partial charge in [0, 0.05) is 19.4 Å². The van der Waals surface area contributed by atoms with Crippen LogP contribution in [0.4, 0.5) is 0 Å². The molecule has 0 unspecified atom stereocenters. The lowest BCUT2D eigenvalue weighted by Gasteiger charge is -2.34. The third-order valence-corrected chi connectivity index (χ3v) is 2.29. The first-order valence-electron chi connectivity index (χ1n) is 4.79. The van der Waals surface area contributed by atoms with Crippen LogP contribution in [0.1, 0.15) is 33.6 Å². The Morgan fingerprint density at radius 2 is 1.79 bits per heavy atom. The number of imide groups is 1. The molecule has 0 aromatic rings. The molecule has 1 saturated heterocycles. The van der Waals surface area contributed by atoms with E-state index in [4.69, 9.17) is 0 Å². The first-order valence-corrected chi connectivity index (χ1v) is 4.79. The van der Waals surface area contributed by atoms with E-state index in [2.05, 4.69) is 6.58 Å². The Morgan fingerprint density at radius 1 is 1.36 bits per heavy atom. The van der Waals surface area contributed by atoms with E-state index in [9.17, 15) is 9.59 Å². The van der Waals surface area contributed by atoms with Gasteiger partial charge in [-0.1, -0.05) is 26.0 Å². The molecular formula is C11H17NO2.